The average molecular weight is 277 g/mol. The van der Waals surface area contributed by atoms with Crippen molar-refractivity contribution < 1.29 is 4.79 Å². The number of likely N-dealkylation sites (tertiary alicyclic amines) is 1. The van der Waals surface area contributed by atoms with E-state index in [1.165, 1.54) is 0 Å². The zero-order valence-corrected chi connectivity index (χ0v) is 11.6. The lowest BCUT2D eigenvalue weighted by Gasteiger charge is -2.24. The minimum atomic E-state index is -0.0275. The van der Waals surface area contributed by atoms with E-state index in [1.54, 1.807) is 30.5 Å². The number of rotatable bonds is 2. The fourth-order valence-corrected chi connectivity index (χ4v) is 2.78. The van der Waals surface area contributed by atoms with Crippen LogP contribution in [0.5, 0.6) is 0 Å². The SMILES string of the molecule is N#Cc1cccc(C(=O)N2CCCC2c2ccccn2)c1. The first-order valence-corrected chi connectivity index (χ1v) is 7.01. The van der Waals surface area contributed by atoms with Crippen LogP contribution >= 0.6 is 0 Å². The third-order valence-corrected chi connectivity index (χ3v) is 3.78. The highest BCUT2D eigenvalue weighted by Crippen LogP contribution is 2.31. The van der Waals surface area contributed by atoms with Crippen molar-refractivity contribution in [3.8, 4) is 6.07 Å². The second kappa shape index (κ2) is 5.76. The van der Waals surface area contributed by atoms with Crippen LogP contribution < -0.4 is 0 Å². The molecule has 1 saturated heterocycles. The molecule has 1 unspecified atom stereocenters. The van der Waals surface area contributed by atoms with Gasteiger partial charge in [-0.05, 0) is 43.2 Å². The Morgan fingerprint density at radius 1 is 1.29 bits per heavy atom. The zero-order chi connectivity index (χ0) is 14.7. The summed E-state index contributed by atoms with van der Waals surface area (Å²) in [5.74, 6) is -0.0275. The van der Waals surface area contributed by atoms with Crippen molar-refractivity contribution in [1.82, 2.24) is 9.88 Å². The number of carbonyl (C=O) groups excluding carboxylic acids is 1. The molecule has 2 aromatic rings. The fourth-order valence-electron chi connectivity index (χ4n) is 2.78. The highest BCUT2D eigenvalue weighted by atomic mass is 16.2. The molecule has 21 heavy (non-hydrogen) atoms. The Morgan fingerprint density at radius 2 is 2.19 bits per heavy atom. The van der Waals surface area contributed by atoms with Crippen molar-refractivity contribution in [2.75, 3.05) is 6.54 Å². The summed E-state index contributed by atoms with van der Waals surface area (Å²) in [6.07, 6.45) is 3.66. The van der Waals surface area contributed by atoms with E-state index >= 15 is 0 Å². The lowest BCUT2D eigenvalue weighted by Crippen LogP contribution is -2.31. The Labute approximate surface area is 123 Å². The van der Waals surface area contributed by atoms with Crippen molar-refractivity contribution in [3.05, 3.63) is 65.5 Å². The molecule has 1 fully saturated rings. The summed E-state index contributed by atoms with van der Waals surface area (Å²) >= 11 is 0. The number of carbonyl (C=O) groups is 1. The van der Waals surface area contributed by atoms with E-state index in [0.29, 0.717) is 11.1 Å². The monoisotopic (exact) mass is 277 g/mol. The van der Waals surface area contributed by atoms with Gasteiger partial charge in [0.15, 0.2) is 0 Å². The van der Waals surface area contributed by atoms with E-state index in [1.807, 2.05) is 23.1 Å². The van der Waals surface area contributed by atoms with Crippen LogP contribution in [0.1, 0.15) is 40.5 Å². The quantitative estimate of drug-likeness (QED) is 0.848. The van der Waals surface area contributed by atoms with Gasteiger partial charge in [0.2, 0.25) is 0 Å². The van der Waals surface area contributed by atoms with Gasteiger partial charge >= 0.3 is 0 Å². The molecular formula is C17H15N3O. The predicted octanol–water partition coefficient (Wildman–Crippen LogP) is 2.93. The van der Waals surface area contributed by atoms with Crippen LogP contribution in [0.25, 0.3) is 0 Å². The maximum Gasteiger partial charge on any atom is 0.254 e. The lowest BCUT2D eigenvalue weighted by molar-refractivity contribution is 0.0733. The van der Waals surface area contributed by atoms with E-state index < -0.39 is 0 Å². The molecule has 2 heterocycles. The first kappa shape index (κ1) is 13.3. The number of hydrogen-bond donors (Lipinski definition) is 0. The van der Waals surface area contributed by atoms with Crippen LogP contribution in [0.4, 0.5) is 0 Å². The smallest absolute Gasteiger partial charge is 0.254 e. The van der Waals surface area contributed by atoms with Crippen LogP contribution in [-0.4, -0.2) is 22.3 Å². The Bertz CT molecular complexity index is 691. The molecule has 0 bridgehead atoms. The minimum absolute atomic E-state index is 0.0275. The van der Waals surface area contributed by atoms with Gasteiger partial charge in [0.05, 0.1) is 23.4 Å². The van der Waals surface area contributed by atoms with Crippen molar-refractivity contribution in [2.24, 2.45) is 0 Å². The van der Waals surface area contributed by atoms with Crippen molar-refractivity contribution >= 4 is 5.91 Å². The van der Waals surface area contributed by atoms with Gasteiger partial charge in [-0.3, -0.25) is 9.78 Å². The zero-order valence-electron chi connectivity index (χ0n) is 11.6. The maximum absolute atomic E-state index is 12.7. The normalized spacial score (nSPS) is 17.5. The highest BCUT2D eigenvalue weighted by molar-refractivity contribution is 5.95. The van der Waals surface area contributed by atoms with Crippen LogP contribution in [0.3, 0.4) is 0 Å². The number of nitriles is 1. The van der Waals surface area contributed by atoms with Crippen molar-refractivity contribution in [1.29, 1.82) is 5.26 Å². The van der Waals surface area contributed by atoms with Crippen LogP contribution in [0.2, 0.25) is 0 Å². The molecule has 104 valence electrons. The summed E-state index contributed by atoms with van der Waals surface area (Å²) < 4.78 is 0. The summed E-state index contributed by atoms with van der Waals surface area (Å²) in [7, 11) is 0. The third kappa shape index (κ3) is 2.63. The average Bonchev–Trinajstić information content (AvgIpc) is 3.04. The fraction of sp³-hybridized carbons (Fsp3) is 0.235. The van der Waals surface area contributed by atoms with Gasteiger partial charge < -0.3 is 4.90 Å². The van der Waals surface area contributed by atoms with E-state index in [9.17, 15) is 4.79 Å². The number of pyridine rings is 1. The van der Waals surface area contributed by atoms with E-state index in [-0.39, 0.29) is 11.9 Å². The molecule has 0 radical (unpaired) electrons. The predicted molar refractivity (Wildman–Crippen MR) is 78.4 cm³/mol. The van der Waals surface area contributed by atoms with E-state index in [0.717, 1.165) is 25.1 Å². The van der Waals surface area contributed by atoms with Gasteiger partial charge in [0.25, 0.3) is 5.91 Å². The molecule has 1 aliphatic rings. The summed E-state index contributed by atoms with van der Waals surface area (Å²) in [5, 5.41) is 8.95. The molecule has 3 rings (SSSR count). The van der Waals surface area contributed by atoms with Crippen molar-refractivity contribution in [3.63, 3.8) is 0 Å². The molecule has 0 N–H and O–H groups in total. The van der Waals surface area contributed by atoms with Gasteiger partial charge in [0.1, 0.15) is 0 Å². The van der Waals surface area contributed by atoms with E-state index in [4.69, 9.17) is 5.26 Å². The minimum Gasteiger partial charge on any atom is -0.330 e. The highest BCUT2D eigenvalue weighted by Gasteiger charge is 2.31. The number of amides is 1. The lowest BCUT2D eigenvalue weighted by atomic mass is 10.1. The van der Waals surface area contributed by atoms with Gasteiger partial charge in [-0.15, -0.1) is 0 Å². The molecule has 4 heteroatoms. The van der Waals surface area contributed by atoms with Crippen molar-refractivity contribution in [2.45, 2.75) is 18.9 Å². The Balaban J connectivity index is 1.88. The molecule has 0 spiro atoms. The Morgan fingerprint density at radius 3 is 2.95 bits per heavy atom. The molecule has 0 aliphatic carbocycles. The summed E-state index contributed by atoms with van der Waals surface area (Å²) in [6, 6.07) is 14.7. The molecule has 0 saturated carbocycles. The standard InChI is InChI=1S/C17H15N3O/c18-12-13-5-3-6-14(11-13)17(21)20-10-4-8-16(20)15-7-1-2-9-19-15/h1-3,5-7,9,11,16H,4,8,10H2. The number of hydrogen-bond acceptors (Lipinski definition) is 3. The van der Waals surface area contributed by atoms with E-state index in [2.05, 4.69) is 11.1 Å². The second-order valence-electron chi connectivity index (χ2n) is 5.10. The second-order valence-corrected chi connectivity index (χ2v) is 5.10. The Kier molecular flexibility index (Phi) is 3.65. The van der Waals surface area contributed by atoms with Crippen LogP contribution in [-0.2, 0) is 0 Å². The number of benzene rings is 1. The third-order valence-electron chi connectivity index (χ3n) is 3.78. The molecule has 1 aromatic carbocycles. The van der Waals surface area contributed by atoms with Gasteiger partial charge in [0, 0.05) is 18.3 Å². The van der Waals surface area contributed by atoms with Gasteiger partial charge in [-0.2, -0.15) is 5.26 Å². The number of aromatic nitrogens is 1. The molecule has 1 atom stereocenters. The maximum atomic E-state index is 12.7. The van der Waals surface area contributed by atoms with Gasteiger partial charge in [-0.25, -0.2) is 0 Å². The Hall–Kier alpha value is -2.67. The molecule has 1 amide bonds. The molecule has 1 aromatic heterocycles. The van der Waals surface area contributed by atoms with Gasteiger partial charge in [-0.1, -0.05) is 12.1 Å². The first-order valence-electron chi connectivity index (χ1n) is 7.01. The summed E-state index contributed by atoms with van der Waals surface area (Å²) in [5.41, 5.74) is 2.01. The summed E-state index contributed by atoms with van der Waals surface area (Å²) in [4.78, 5) is 18.9. The molecule has 4 nitrogen and oxygen atoms in total. The summed E-state index contributed by atoms with van der Waals surface area (Å²) in [6.45, 7) is 0.733. The largest absolute Gasteiger partial charge is 0.330 e. The molecular weight excluding hydrogens is 262 g/mol. The first-order chi connectivity index (χ1) is 10.3. The van der Waals surface area contributed by atoms with Crippen LogP contribution in [0.15, 0.2) is 48.7 Å². The molecule has 1 aliphatic heterocycles. The number of nitrogens with zero attached hydrogens (tertiary/aromatic N) is 3. The topological polar surface area (TPSA) is 57.0 Å². The van der Waals surface area contributed by atoms with Crippen LogP contribution in [0, 0.1) is 11.3 Å².